The number of carbonyl (C=O) groups excluding carboxylic acids is 1. The smallest absolute Gasteiger partial charge is 0.137 e. The van der Waals surface area contributed by atoms with E-state index >= 15 is 0 Å². The highest BCUT2D eigenvalue weighted by molar-refractivity contribution is 7.99. The summed E-state index contributed by atoms with van der Waals surface area (Å²) in [6.45, 7) is 5.67. The third-order valence-corrected chi connectivity index (χ3v) is 3.90. The van der Waals surface area contributed by atoms with Crippen molar-refractivity contribution in [2.45, 2.75) is 26.7 Å². The molecule has 0 aromatic rings. The first-order valence-electron chi connectivity index (χ1n) is 5.01. The topological polar surface area (TPSA) is 29.1 Å². The molecule has 0 amide bonds. The summed E-state index contributed by atoms with van der Waals surface area (Å²) >= 11 is 1.97. The fourth-order valence-electron chi connectivity index (χ4n) is 1.78. The monoisotopic (exact) mass is 201 g/mol. The van der Waals surface area contributed by atoms with Gasteiger partial charge in [0.05, 0.1) is 0 Å². The summed E-state index contributed by atoms with van der Waals surface area (Å²) < 4.78 is 0. The molecule has 1 saturated heterocycles. The molecule has 76 valence electrons. The minimum Gasteiger partial charge on any atom is -0.316 e. The summed E-state index contributed by atoms with van der Waals surface area (Å²) in [7, 11) is 0. The highest BCUT2D eigenvalue weighted by Crippen LogP contribution is 2.35. The quantitative estimate of drug-likeness (QED) is 0.750. The Balaban J connectivity index is 2.56. The number of Topliss-reactive ketones (excluding diaryl/α,β-unsaturated/α-hetero) is 1. The molecule has 1 heterocycles. The number of nitrogens with one attached hydrogen (secondary N) is 1. The first-order chi connectivity index (χ1) is 6.21. The summed E-state index contributed by atoms with van der Waals surface area (Å²) in [6.07, 6.45) is 2.11. The molecule has 1 aliphatic heterocycles. The molecule has 0 saturated carbocycles. The van der Waals surface area contributed by atoms with Crippen LogP contribution in [0.2, 0.25) is 0 Å². The van der Waals surface area contributed by atoms with Crippen LogP contribution in [0.25, 0.3) is 0 Å². The fraction of sp³-hybridized carbons (Fsp3) is 0.900. The Morgan fingerprint density at radius 1 is 1.46 bits per heavy atom. The highest BCUT2D eigenvalue weighted by atomic mass is 32.2. The predicted octanol–water partition coefficient (Wildman–Crippen LogP) is 1.70. The van der Waals surface area contributed by atoms with Crippen molar-refractivity contribution in [1.82, 2.24) is 5.32 Å². The van der Waals surface area contributed by atoms with E-state index in [-0.39, 0.29) is 5.41 Å². The fourth-order valence-corrected chi connectivity index (χ4v) is 3.05. The largest absolute Gasteiger partial charge is 0.316 e. The summed E-state index contributed by atoms with van der Waals surface area (Å²) in [4.78, 5) is 11.6. The third kappa shape index (κ3) is 2.71. The second-order valence-electron chi connectivity index (χ2n) is 3.73. The number of rotatable bonds is 4. The van der Waals surface area contributed by atoms with E-state index in [1.165, 1.54) is 0 Å². The Morgan fingerprint density at radius 2 is 2.08 bits per heavy atom. The van der Waals surface area contributed by atoms with Gasteiger partial charge in [0.1, 0.15) is 5.78 Å². The molecular weight excluding hydrogens is 182 g/mol. The first kappa shape index (κ1) is 11.1. The highest BCUT2D eigenvalue weighted by Gasteiger charge is 2.36. The zero-order valence-electron chi connectivity index (χ0n) is 8.56. The molecule has 0 radical (unpaired) electrons. The number of hydrogen-bond donors (Lipinski definition) is 1. The van der Waals surface area contributed by atoms with Crippen molar-refractivity contribution in [3.63, 3.8) is 0 Å². The van der Waals surface area contributed by atoms with Crippen molar-refractivity contribution in [2.75, 3.05) is 24.6 Å². The van der Waals surface area contributed by atoms with E-state index in [4.69, 9.17) is 0 Å². The van der Waals surface area contributed by atoms with Gasteiger partial charge in [-0.05, 0) is 37.8 Å². The maximum atomic E-state index is 11.6. The van der Waals surface area contributed by atoms with Crippen LogP contribution < -0.4 is 5.32 Å². The van der Waals surface area contributed by atoms with Gasteiger partial charge in [-0.1, -0.05) is 6.92 Å². The standard InChI is InChI=1S/C10H19NOS/c1-3-11-8-10(9(2)12)4-6-13-7-5-10/h11H,3-8H2,1-2H3. The van der Waals surface area contributed by atoms with Gasteiger partial charge in [0.2, 0.25) is 0 Å². The van der Waals surface area contributed by atoms with E-state index in [0.717, 1.165) is 37.4 Å². The summed E-state index contributed by atoms with van der Waals surface area (Å²) in [6, 6.07) is 0. The summed E-state index contributed by atoms with van der Waals surface area (Å²) in [5, 5.41) is 3.31. The van der Waals surface area contributed by atoms with Crippen LogP contribution in [0, 0.1) is 5.41 Å². The molecule has 2 nitrogen and oxygen atoms in total. The Hall–Kier alpha value is -0.0200. The van der Waals surface area contributed by atoms with Gasteiger partial charge in [-0.2, -0.15) is 11.8 Å². The molecule has 1 N–H and O–H groups in total. The Morgan fingerprint density at radius 3 is 2.54 bits per heavy atom. The van der Waals surface area contributed by atoms with E-state index < -0.39 is 0 Å². The van der Waals surface area contributed by atoms with Gasteiger partial charge in [0.15, 0.2) is 0 Å². The van der Waals surface area contributed by atoms with Crippen LogP contribution in [0.5, 0.6) is 0 Å². The van der Waals surface area contributed by atoms with E-state index in [2.05, 4.69) is 12.2 Å². The second-order valence-corrected chi connectivity index (χ2v) is 4.95. The molecule has 0 atom stereocenters. The molecule has 1 fully saturated rings. The maximum absolute atomic E-state index is 11.6. The molecule has 0 unspecified atom stereocenters. The lowest BCUT2D eigenvalue weighted by Gasteiger charge is -2.34. The number of carbonyl (C=O) groups is 1. The first-order valence-corrected chi connectivity index (χ1v) is 6.16. The summed E-state index contributed by atoms with van der Waals surface area (Å²) in [5.41, 5.74) is -0.0404. The van der Waals surface area contributed by atoms with Crippen molar-refractivity contribution >= 4 is 17.5 Å². The lowest BCUT2D eigenvalue weighted by atomic mass is 9.78. The van der Waals surface area contributed by atoms with Crippen molar-refractivity contribution < 1.29 is 4.79 Å². The zero-order chi connectivity index (χ0) is 9.73. The van der Waals surface area contributed by atoms with Crippen molar-refractivity contribution in [3.05, 3.63) is 0 Å². The van der Waals surface area contributed by atoms with Crippen LogP contribution in [-0.4, -0.2) is 30.4 Å². The number of thioether (sulfide) groups is 1. The molecule has 1 rings (SSSR count). The summed E-state index contributed by atoms with van der Waals surface area (Å²) in [5.74, 6) is 2.66. The number of hydrogen-bond acceptors (Lipinski definition) is 3. The van der Waals surface area contributed by atoms with Crippen molar-refractivity contribution in [1.29, 1.82) is 0 Å². The molecule has 0 aromatic heterocycles. The molecule has 0 spiro atoms. The lowest BCUT2D eigenvalue weighted by molar-refractivity contribution is -0.126. The molecule has 3 heteroatoms. The number of ketones is 1. The lowest BCUT2D eigenvalue weighted by Crippen LogP contribution is -2.42. The van der Waals surface area contributed by atoms with Gasteiger partial charge in [-0.3, -0.25) is 4.79 Å². The zero-order valence-corrected chi connectivity index (χ0v) is 9.38. The normalized spacial score (nSPS) is 21.4. The third-order valence-electron chi connectivity index (χ3n) is 2.91. The van der Waals surface area contributed by atoms with Gasteiger partial charge in [-0.25, -0.2) is 0 Å². The Bertz CT molecular complexity index is 176. The molecular formula is C10H19NOS. The molecule has 0 bridgehead atoms. The van der Waals surface area contributed by atoms with Gasteiger partial charge < -0.3 is 5.32 Å². The molecule has 1 aliphatic rings. The molecule has 0 aliphatic carbocycles. The van der Waals surface area contributed by atoms with Crippen LogP contribution in [0.15, 0.2) is 0 Å². The van der Waals surface area contributed by atoms with Crippen LogP contribution >= 0.6 is 11.8 Å². The predicted molar refractivity (Wildman–Crippen MR) is 58.2 cm³/mol. The maximum Gasteiger partial charge on any atom is 0.137 e. The van der Waals surface area contributed by atoms with Crippen molar-refractivity contribution in [3.8, 4) is 0 Å². The van der Waals surface area contributed by atoms with Crippen molar-refractivity contribution in [2.24, 2.45) is 5.41 Å². The van der Waals surface area contributed by atoms with E-state index in [9.17, 15) is 4.79 Å². The molecule has 13 heavy (non-hydrogen) atoms. The average Bonchev–Trinajstić information content (AvgIpc) is 2.16. The van der Waals surface area contributed by atoms with E-state index in [0.29, 0.717) is 5.78 Å². The van der Waals surface area contributed by atoms with E-state index in [1.54, 1.807) is 6.92 Å². The SMILES string of the molecule is CCNCC1(C(C)=O)CCSCC1. The van der Waals surface area contributed by atoms with Crippen LogP contribution in [-0.2, 0) is 4.79 Å². The Kier molecular flexibility index (Phi) is 4.26. The minimum absolute atomic E-state index is 0.0404. The molecule has 0 aromatic carbocycles. The minimum atomic E-state index is -0.0404. The Labute approximate surface area is 84.9 Å². The van der Waals surface area contributed by atoms with Gasteiger partial charge in [0, 0.05) is 12.0 Å². The average molecular weight is 201 g/mol. The van der Waals surface area contributed by atoms with Crippen LogP contribution in [0.3, 0.4) is 0 Å². The van der Waals surface area contributed by atoms with E-state index in [1.807, 2.05) is 11.8 Å². The van der Waals surface area contributed by atoms with Crippen LogP contribution in [0.4, 0.5) is 0 Å². The van der Waals surface area contributed by atoms with Gasteiger partial charge in [0.25, 0.3) is 0 Å². The second kappa shape index (κ2) is 5.01. The van der Waals surface area contributed by atoms with Gasteiger partial charge >= 0.3 is 0 Å². The van der Waals surface area contributed by atoms with Gasteiger partial charge in [-0.15, -0.1) is 0 Å². The van der Waals surface area contributed by atoms with Crippen LogP contribution in [0.1, 0.15) is 26.7 Å².